The molecule has 0 aliphatic rings. The second kappa shape index (κ2) is 6.20. The Labute approximate surface area is 101 Å². The standard InChI is InChI=1S/C12H19N3O2/c1-4-10(12(13)16)17-11-6-5-8(2)15-9(11)7-14-3/h5-6,10,14H,4,7H2,1-3H3,(H2,13,16). The van der Waals surface area contributed by atoms with Gasteiger partial charge >= 0.3 is 0 Å². The quantitative estimate of drug-likeness (QED) is 0.765. The van der Waals surface area contributed by atoms with Gasteiger partial charge in [-0.05, 0) is 32.5 Å². The molecule has 17 heavy (non-hydrogen) atoms. The van der Waals surface area contributed by atoms with Crippen molar-refractivity contribution in [2.75, 3.05) is 7.05 Å². The summed E-state index contributed by atoms with van der Waals surface area (Å²) < 4.78 is 5.59. The van der Waals surface area contributed by atoms with E-state index in [0.29, 0.717) is 18.7 Å². The van der Waals surface area contributed by atoms with E-state index in [1.165, 1.54) is 0 Å². The molecule has 1 aromatic rings. The Morgan fingerprint density at radius 2 is 2.29 bits per heavy atom. The van der Waals surface area contributed by atoms with E-state index in [9.17, 15) is 4.79 Å². The van der Waals surface area contributed by atoms with E-state index < -0.39 is 12.0 Å². The minimum atomic E-state index is -0.602. The van der Waals surface area contributed by atoms with Gasteiger partial charge < -0.3 is 15.8 Å². The van der Waals surface area contributed by atoms with Crippen LogP contribution in [0.15, 0.2) is 12.1 Å². The zero-order chi connectivity index (χ0) is 12.8. The third-order valence-electron chi connectivity index (χ3n) is 2.37. The van der Waals surface area contributed by atoms with Crippen LogP contribution in [0.2, 0.25) is 0 Å². The number of nitrogens with one attached hydrogen (secondary N) is 1. The first kappa shape index (κ1) is 13.4. The molecule has 0 saturated heterocycles. The molecular weight excluding hydrogens is 218 g/mol. The molecule has 0 fully saturated rings. The summed E-state index contributed by atoms with van der Waals surface area (Å²) in [6.07, 6.45) is -0.0579. The van der Waals surface area contributed by atoms with Crippen molar-refractivity contribution < 1.29 is 9.53 Å². The molecule has 0 bridgehead atoms. The normalized spacial score (nSPS) is 12.2. The summed E-state index contributed by atoms with van der Waals surface area (Å²) in [5, 5.41) is 3.01. The highest BCUT2D eigenvalue weighted by atomic mass is 16.5. The molecule has 0 saturated carbocycles. The predicted molar refractivity (Wildman–Crippen MR) is 65.6 cm³/mol. The number of nitrogens with zero attached hydrogens (tertiary/aromatic N) is 1. The zero-order valence-electron chi connectivity index (χ0n) is 10.5. The monoisotopic (exact) mass is 237 g/mol. The van der Waals surface area contributed by atoms with Crippen molar-refractivity contribution in [1.82, 2.24) is 10.3 Å². The summed E-state index contributed by atoms with van der Waals surface area (Å²) >= 11 is 0. The lowest BCUT2D eigenvalue weighted by Gasteiger charge is -2.16. The van der Waals surface area contributed by atoms with Crippen LogP contribution in [0, 0.1) is 6.92 Å². The highest BCUT2D eigenvalue weighted by Crippen LogP contribution is 2.19. The van der Waals surface area contributed by atoms with E-state index in [0.717, 1.165) is 11.4 Å². The number of hydrogen-bond acceptors (Lipinski definition) is 4. The summed E-state index contributed by atoms with van der Waals surface area (Å²) in [5.41, 5.74) is 6.95. The molecule has 1 rings (SSSR count). The number of primary amides is 1. The van der Waals surface area contributed by atoms with E-state index in [-0.39, 0.29) is 0 Å². The molecule has 3 N–H and O–H groups in total. The highest BCUT2D eigenvalue weighted by molar-refractivity contribution is 5.79. The van der Waals surface area contributed by atoms with Gasteiger partial charge in [0.15, 0.2) is 6.10 Å². The van der Waals surface area contributed by atoms with Crippen molar-refractivity contribution in [2.45, 2.75) is 32.9 Å². The maximum absolute atomic E-state index is 11.1. The Hall–Kier alpha value is -1.62. The minimum absolute atomic E-state index is 0.455. The molecule has 0 aromatic carbocycles. The van der Waals surface area contributed by atoms with E-state index >= 15 is 0 Å². The van der Waals surface area contributed by atoms with Crippen LogP contribution >= 0.6 is 0 Å². The Morgan fingerprint density at radius 3 is 2.82 bits per heavy atom. The van der Waals surface area contributed by atoms with Crippen molar-refractivity contribution in [3.63, 3.8) is 0 Å². The topological polar surface area (TPSA) is 77.2 Å². The molecule has 0 aliphatic carbocycles. The van der Waals surface area contributed by atoms with Crippen LogP contribution in [0.3, 0.4) is 0 Å². The Morgan fingerprint density at radius 1 is 1.59 bits per heavy atom. The van der Waals surface area contributed by atoms with E-state index in [1.807, 2.05) is 33.0 Å². The van der Waals surface area contributed by atoms with Crippen LogP contribution in [0.25, 0.3) is 0 Å². The molecule has 1 heterocycles. The first-order valence-electron chi connectivity index (χ1n) is 5.65. The summed E-state index contributed by atoms with van der Waals surface area (Å²) in [5.74, 6) is 0.152. The Balaban J connectivity index is 2.92. The average molecular weight is 237 g/mol. The fourth-order valence-electron chi connectivity index (χ4n) is 1.49. The van der Waals surface area contributed by atoms with Crippen LogP contribution in [-0.4, -0.2) is 24.0 Å². The lowest BCUT2D eigenvalue weighted by Crippen LogP contribution is -2.33. The third-order valence-corrected chi connectivity index (χ3v) is 2.37. The number of pyridine rings is 1. The molecule has 1 amide bonds. The van der Waals surface area contributed by atoms with Gasteiger partial charge in [0.1, 0.15) is 5.75 Å². The minimum Gasteiger partial charge on any atom is -0.479 e. The molecule has 0 radical (unpaired) electrons. The lowest BCUT2D eigenvalue weighted by atomic mass is 10.2. The number of nitrogens with two attached hydrogens (primary N) is 1. The van der Waals surface area contributed by atoms with Crippen LogP contribution in [0.4, 0.5) is 0 Å². The van der Waals surface area contributed by atoms with Gasteiger partial charge in [-0.15, -0.1) is 0 Å². The number of carbonyl (C=O) groups is 1. The number of amides is 1. The van der Waals surface area contributed by atoms with Gasteiger partial charge in [-0.1, -0.05) is 6.92 Å². The molecule has 1 unspecified atom stereocenters. The summed E-state index contributed by atoms with van der Waals surface area (Å²) in [6.45, 7) is 4.36. The summed E-state index contributed by atoms with van der Waals surface area (Å²) in [7, 11) is 1.83. The summed E-state index contributed by atoms with van der Waals surface area (Å²) in [6, 6.07) is 3.67. The molecular formula is C12H19N3O2. The smallest absolute Gasteiger partial charge is 0.258 e. The maximum atomic E-state index is 11.1. The van der Waals surface area contributed by atoms with Crippen LogP contribution in [0.5, 0.6) is 5.75 Å². The number of carbonyl (C=O) groups excluding carboxylic acids is 1. The predicted octanol–water partition coefficient (Wildman–Crippen LogP) is 0.752. The van der Waals surface area contributed by atoms with Gasteiger partial charge in [0.25, 0.3) is 5.91 Å². The molecule has 0 spiro atoms. The fourth-order valence-corrected chi connectivity index (χ4v) is 1.49. The first-order valence-corrected chi connectivity index (χ1v) is 5.65. The van der Waals surface area contributed by atoms with Crippen LogP contribution in [0.1, 0.15) is 24.7 Å². The van der Waals surface area contributed by atoms with Crippen molar-refractivity contribution in [3.8, 4) is 5.75 Å². The molecule has 1 atom stereocenters. The number of aromatic nitrogens is 1. The highest BCUT2D eigenvalue weighted by Gasteiger charge is 2.16. The van der Waals surface area contributed by atoms with E-state index in [2.05, 4.69) is 10.3 Å². The van der Waals surface area contributed by atoms with Gasteiger partial charge in [-0.2, -0.15) is 0 Å². The van der Waals surface area contributed by atoms with Gasteiger partial charge in [0.2, 0.25) is 0 Å². The molecule has 5 heteroatoms. The molecule has 1 aromatic heterocycles. The second-order valence-corrected chi connectivity index (χ2v) is 3.84. The first-order chi connectivity index (χ1) is 8.08. The van der Waals surface area contributed by atoms with Gasteiger partial charge in [-0.25, -0.2) is 0 Å². The van der Waals surface area contributed by atoms with Crippen molar-refractivity contribution in [1.29, 1.82) is 0 Å². The Kier molecular flexibility index (Phi) is 4.90. The summed E-state index contributed by atoms with van der Waals surface area (Å²) in [4.78, 5) is 15.5. The van der Waals surface area contributed by atoms with Crippen LogP contribution < -0.4 is 15.8 Å². The molecule has 94 valence electrons. The van der Waals surface area contributed by atoms with Crippen molar-refractivity contribution in [2.24, 2.45) is 5.73 Å². The number of rotatable bonds is 6. The number of hydrogen-bond donors (Lipinski definition) is 2. The zero-order valence-corrected chi connectivity index (χ0v) is 10.5. The van der Waals surface area contributed by atoms with Gasteiger partial charge in [0, 0.05) is 12.2 Å². The van der Waals surface area contributed by atoms with Crippen LogP contribution in [-0.2, 0) is 11.3 Å². The fraction of sp³-hybridized carbons (Fsp3) is 0.500. The molecule has 0 aliphatic heterocycles. The van der Waals surface area contributed by atoms with E-state index in [1.54, 1.807) is 0 Å². The Bertz CT molecular complexity index is 393. The second-order valence-electron chi connectivity index (χ2n) is 3.84. The SMILES string of the molecule is CCC(Oc1ccc(C)nc1CNC)C(N)=O. The number of ether oxygens (including phenoxy) is 1. The van der Waals surface area contributed by atoms with E-state index in [4.69, 9.17) is 10.5 Å². The third kappa shape index (κ3) is 3.71. The van der Waals surface area contributed by atoms with Gasteiger partial charge in [0.05, 0.1) is 5.69 Å². The maximum Gasteiger partial charge on any atom is 0.258 e. The lowest BCUT2D eigenvalue weighted by molar-refractivity contribution is -0.124. The molecule has 5 nitrogen and oxygen atoms in total. The van der Waals surface area contributed by atoms with Gasteiger partial charge in [-0.3, -0.25) is 9.78 Å². The average Bonchev–Trinajstić information content (AvgIpc) is 2.28. The largest absolute Gasteiger partial charge is 0.479 e. The number of aryl methyl sites for hydroxylation is 1. The van der Waals surface area contributed by atoms with Crippen molar-refractivity contribution in [3.05, 3.63) is 23.5 Å². The van der Waals surface area contributed by atoms with Crippen molar-refractivity contribution >= 4 is 5.91 Å².